The van der Waals surface area contributed by atoms with Gasteiger partial charge in [0.05, 0.1) is 16.7 Å². The van der Waals surface area contributed by atoms with Crippen LogP contribution in [0.25, 0.3) is 0 Å². The van der Waals surface area contributed by atoms with Gasteiger partial charge in [-0.25, -0.2) is 4.79 Å². The lowest BCUT2D eigenvalue weighted by molar-refractivity contribution is -0.0978. The molecule has 2 heterocycles. The second-order valence-corrected chi connectivity index (χ2v) is 4.48. The molecule has 0 saturated carbocycles. The van der Waals surface area contributed by atoms with E-state index in [1.165, 1.54) is 0 Å². The molecule has 2 aromatic carbocycles. The van der Waals surface area contributed by atoms with Crippen LogP contribution in [0, 0.1) is 0 Å². The number of Topliss-reactive ketones (excluding diaryl/α,β-unsaturated/α-hetero) is 1. The van der Waals surface area contributed by atoms with Crippen molar-refractivity contribution < 1.29 is 19.1 Å². The number of ketones is 1. The largest absolute Gasteiger partial charge is 0.441 e. The molecule has 2 aliphatic heterocycles. The van der Waals surface area contributed by atoms with Gasteiger partial charge in [0.1, 0.15) is 5.75 Å². The topological polar surface area (TPSA) is 52.6 Å². The van der Waals surface area contributed by atoms with Gasteiger partial charge in [0, 0.05) is 0 Å². The van der Waals surface area contributed by atoms with Gasteiger partial charge in [0.2, 0.25) is 0 Å². The molecule has 92 valence electrons. The highest BCUT2D eigenvalue weighted by atomic mass is 16.7. The highest BCUT2D eigenvalue weighted by molar-refractivity contribution is 6.11. The minimum absolute atomic E-state index is 0.332. The third kappa shape index (κ3) is 1.13. The number of ether oxygens (including phenoxy) is 2. The van der Waals surface area contributed by atoms with E-state index in [0.717, 1.165) is 0 Å². The lowest BCUT2D eigenvalue weighted by atomic mass is 9.97. The molecule has 1 unspecified atom stereocenters. The van der Waals surface area contributed by atoms with Crippen molar-refractivity contribution in [2.24, 2.45) is 0 Å². The summed E-state index contributed by atoms with van der Waals surface area (Å²) in [4.78, 5) is 24.4. The van der Waals surface area contributed by atoms with Gasteiger partial charge in [-0.3, -0.25) is 4.79 Å². The fourth-order valence-electron chi connectivity index (χ4n) is 2.55. The van der Waals surface area contributed by atoms with E-state index >= 15 is 0 Å². The van der Waals surface area contributed by atoms with Crippen LogP contribution in [0.5, 0.6) is 5.75 Å². The average Bonchev–Trinajstić information content (AvgIpc) is 2.88. The highest BCUT2D eigenvalue weighted by Crippen LogP contribution is 2.46. The molecule has 2 aliphatic rings. The van der Waals surface area contributed by atoms with E-state index in [1.807, 2.05) is 0 Å². The standard InChI is InChI=1S/C15H8O4/c16-13-10-6-2-4-8-12(10)18-15(13)11-7-3-1-5-9(11)14(17)19-15/h1-8H. The Morgan fingerprint density at radius 2 is 1.47 bits per heavy atom. The van der Waals surface area contributed by atoms with Crippen LogP contribution in [-0.4, -0.2) is 11.8 Å². The molecule has 0 aliphatic carbocycles. The number of rotatable bonds is 0. The first-order chi connectivity index (χ1) is 9.22. The van der Waals surface area contributed by atoms with E-state index in [9.17, 15) is 9.59 Å². The first kappa shape index (κ1) is 10.3. The molecule has 0 bridgehead atoms. The van der Waals surface area contributed by atoms with Crippen molar-refractivity contribution in [1.82, 2.24) is 0 Å². The summed E-state index contributed by atoms with van der Waals surface area (Å²) >= 11 is 0. The van der Waals surface area contributed by atoms with Crippen molar-refractivity contribution in [2.45, 2.75) is 5.79 Å². The normalized spacial score (nSPS) is 22.9. The highest BCUT2D eigenvalue weighted by Gasteiger charge is 2.58. The summed E-state index contributed by atoms with van der Waals surface area (Å²) in [6.45, 7) is 0. The summed E-state index contributed by atoms with van der Waals surface area (Å²) in [5.41, 5.74) is 1.29. The quantitative estimate of drug-likeness (QED) is 0.675. The van der Waals surface area contributed by atoms with Crippen molar-refractivity contribution in [3.63, 3.8) is 0 Å². The maximum absolute atomic E-state index is 12.5. The fraction of sp³-hybridized carbons (Fsp3) is 0.0667. The number of carbonyl (C=O) groups excluding carboxylic acids is 2. The predicted octanol–water partition coefficient (Wildman–Crippen LogP) is 2.29. The van der Waals surface area contributed by atoms with Gasteiger partial charge in [-0.2, -0.15) is 0 Å². The van der Waals surface area contributed by atoms with E-state index in [4.69, 9.17) is 9.47 Å². The SMILES string of the molecule is O=C1OC2(Oc3ccccc3C2=O)c2ccccc21. The Hall–Kier alpha value is -2.62. The van der Waals surface area contributed by atoms with Gasteiger partial charge in [0.15, 0.2) is 0 Å². The van der Waals surface area contributed by atoms with Gasteiger partial charge in [-0.1, -0.05) is 24.3 Å². The molecule has 19 heavy (non-hydrogen) atoms. The predicted molar refractivity (Wildman–Crippen MR) is 64.9 cm³/mol. The average molecular weight is 252 g/mol. The molecule has 0 aromatic heterocycles. The Morgan fingerprint density at radius 3 is 2.26 bits per heavy atom. The Kier molecular flexibility index (Phi) is 1.75. The van der Waals surface area contributed by atoms with Crippen LogP contribution in [-0.2, 0) is 10.5 Å². The molecule has 0 amide bonds. The van der Waals surface area contributed by atoms with Gasteiger partial charge in [-0.15, -0.1) is 0 Å². The Bertz CT molecular complexity index is 734. The van der Waals surface area contributed by atoms with Gasteiger partial charge >= 0.3 is 11.8 Å². The molecular formula is C15H8O4. The summed E-state index contributed by atoms with van der Waals surface area (Å²) in [7, 11) is 0. The lowest BCUT2D eigenvalue weighted by Gasteiger charge is -2.20. The van der Waals surface area contributed by atoms with Crippen molar-refractivity contribution in [2.75, 3.05) is 0 Å². The van der Waals surface area contributed by atoms with Crippen LogP contribution in [0.2, 0.25) is 0 Å². The third-order valence-corrected chi connectivity index (χ3v) is 3.42. The molecule has 4 rings (SSSR count). The van der Waals surface area contributed by atoms with E-state index < -0.39 is 11.8 Å². The van der Waals surface area contributed by atoms with Gasteiger partial charge < -0.3 is 9.47 Å². The first-order valence-corrected chi connectivity index (χ1v) is 5.88. The number of benzene rings is 2. The van der Waals surface area contributed by atoms with Crippen LogP contribution in [0.1, 0.15) is 26.3 Å². The van der Waals surface area contributed by atoms with Crippen LogP contribution in [0.4, 0.5) is 0 Å². The maximum atomic E-state index is 12.5. The zero-order valence-electron chi connectivity index (χ0n) is 9.75. The first-order valence-electron chi connectivity index (χ1n) is 5.88. The zero-order valence-corrected chi connectivity index (χ0v) is 9.75. The molecule has 0 saturated heterocycles. The summed E-state index contributed by atoms with van der Waals surface area (Å²) in [5.74, 6) is -2.05. The van der Waals surface area contributed by atoms with Crippen molar-refractivity contribution in [3.8, 4) is 5.75 Å². The molecule has 2 aromatic rings. The Morgan fingerprint density at radius 1 is 0.789 bits per heavy atom. The molecule has 4 heteroatoms. The van der Waals surface area contributed by atoms with Crippen LogP contribution in [0.15, 0.2) is 48.5 Å². The molecule has 1 atom stereocenters. The number of hydrogen-bond donors (Lipinski definition) is 0. The Labute approximate surface area is 108 Å². The zero-order chi connectivity index (χ0) is 13.0. The van der Waals surface area contributed by atoms with Crippen molar-refractivity contribution >= 4 is 11.8 Å². The number of carbonyl (C=O) groups is 2. The molecule has 0 fully saturated rings. The molecule has 4 nitrogen and oxygen atoms in total. The van der Waals surface area contributed by atoms with E-state index in [-0.39, 0.29) is 5.78 Å². The minimum Gasteiger partial charge on any atom is -0.441 e. The monoisotopic (exact) mass is 252 g/mol. The summed E-state index contributed by atoms with van der Waals surface area (Å²) < 4.78 is 10.9. The number of para-hydroxylation sites is 1. The minimum atomic E-state index is -1.63. The van der Waals surface area contributed by atoms with Crippen LogP contribution < -0.4 is 4.74 Å². The van der Waals surface area contributed by atoms with Crippen molar-refractivity contribution in [1.29, 1.82) is 0 Å². The summed E-state index contributed by atoms with van der Waals surface area (Å²) in [5, 5.41) is 0. The van der Waals surface area contributed by atoms with Crippen LogP contribution in [0.3, 0.4) is 0 Å². The second kappa shape index (κ2) is 3.23. The van der Waals surface area contributed by atoms with Gasteiger partial charge in [-0.05, 0) is 24.3 Å². The van der Waals surface area contributed by atoms with Gasteiger partial charge in [0.25, 0.3) is 5.78 Å². The number of fused-ring (bicyclic) bond motifs is 3. The lowest BCUT2D eigenvalue weighted by Crippen LogP contribution is -2.37. The fourth-order valence-corrected chi connectivity index (χ4v) is 2.55. The van der Waals surface area contributed by atoms with Crippen LogP contribution >= 0.6 is 0 Å². The molecule has 0 radical (unpaired) electrons. The maximum Gasteiger partial charge on any atom is 0.347 e. The summed E-state index contributed by atoms with van der Waals surface area (Å²) in [6.07, 6.45) is 0. The second-order valence-electron chi connectivity index (χ2n) is 4.48. The third-order valence-electron chi connectivity index (χ3n) is 3.42. The number of hydrogen-bond acceptors (Lipinski definition) is 4. The molecular weight excluding hydrogens is 244 g/mol. The summed E-state index contributed by atoms with van der Waals surface area (Å²) in [6, 6.07) is 13.7. The van der Waals surface area contributed by atoms with E-state index in [0.29, 0.717) is 22.4 Å². The Balaban J connectivity index is 1.96. The smallest absolute Gasteiger partial charge is 0.347 e. The van der Waals surface area contributed by atoms with Crippen molar-refractivity contribution in [3.05, 3.63) is 65.2 Å². The number of esters is 1. The van der Waals surface area contributed by atoms with E-state index in [2.05, 4.69) is 0 Å². The molecule has 0 N–H and O–H groups in total. The van der Waals surface area contributed by atoms with E-state index in [1.54, 1.807) is 48.5 Å². The molecule has 1 spiro atoms.